The Bertz CT molecular complexity index is 275. The van der Waals surface area contributed by atoms with Crippen LogP contribution in [-0.2, 0) is 9.59 Å². The Labute approximate surface area is 67.7 Å². The van der Waals surface area contributed by atoms with E-state index in [0.29, 0.717) is 6.54 Å². The minimum Gasteiger partial charge on any atom is -0.353 e. The summed E-state index contributed by atoms with van der Waals surface area (Å²) in [6, 6.07) is -1.27. The van der Waals surface area contributed by atoms with E-state index in [0.717, 1.165) is 0 Å². The van der Waals surface area contributed by atoms with E-state index in [2.05, 4.69) is 16.0 Å². The smallest absolute Gasteiger partial charge is 0.322 e. The number of fused-ring (bicyclic) bond motifs is 1. The molecule has 2 heterocycles. The molecule has 0 aromatic heterocycles. The van der Waals surface area contributed by atoms with Crippen molar-refractivity contribution in [3.63, 3.8) is 0 Å². The summed E-state index contributed by atoms with van der Waals surface area (Å²) in [4.78, 5) is 32.8. The number of imide groups is 1. The van der Waals surface area contributed by atoms with Crippen LogP contribution in [0, 0.1) is 5.92 Å². The highest BCUT2D eigenvalue weighted by molar-refractivity contribution is 6.05. The zero-order chi connectivity index (χ0) is 8.72. The Kier molecular flexibility index (Phi) is 1.30. The molecule has 12 heavy (non-hydrogen) atoms. The Morgan fingerprint density at radius 3 is 2.67 bits per heavy atom. The number of hydrogen-bond acceptors (Lipinski definition) is 3. The summed E-state index contributed by atoms with van der Waals surface area (Å²) in [6.07, 6.45) is 0. The van der Waals surface area contributed by atoms with Crippen LogP contribution in [-0.4, -0.2) is 30.4 Å². The molecule has 2 aliphatic heterocycles. The SMILES string of the molecule is O=C1NC(=O)C2CNC(=O)C2N1. The summed E-state index contributed by atoms with van der Waals surface area (Å²) in [5.41, 5.74) is 0. The molecule has 3 N–H and O–H groups in total. The maximum atomic E-state index is 11.1. The lowest BCUT2D eigenvalue weighted by Crippen LogP contribution is -2.58. The first-order valence-electron chi connectivity index (χ1n) is 3.57. The van der Waals surface area contributed by atoms with Gasteiger partial charge in [-0.3, -0.25) is 14.9 Å². The van der Waals surface area contributed by atoms with Crippen LogP contribution in [0.25, 0.3) is 0 Å². The second-order valence-electron chi connectivity index (χ2n) is 2.79. The molecule has 0 aromatic rings. The monoisotopic (exact) mass is 169 g/mol. The van der Waals surface area contributed by atoms with Crippen LogP contribution in [0.5, 0.6) is 0 Å². The molecule has 2 rings (SSSR count). The molecule has 2 unspecified atom stereocenters. The maximum absolute atomic E-state index is 11.1. The van der Waals surface area contributed by atoms with Gasteiger partial charge in [0.15, 0.2) is 0 Å². The molecule has 4 amide bonds. The van der Waals surface area contributed by atoms with E-state index in [1.54, 1.807) is 0 Å². The van der Waals surface area contributed by atoms with Gasteiger partial charge >= 0.3 is 6.03 Å². The first kappa shape index (κ1) is 7.08. The van der Waals surface area contributed by atoms with Gasteiger partial charge in [0, 0.05) is 6.54 Å². The Morgan fingerprint density at radius 1 is 1.17 bits per heavy atom. The number of carbonyl (C=O) groups excluding carboxylic acids is 3. The van der Waals surface area contributed by atoms with Gasteiger partial charge in [0.25, 0.3) is 0 Å². The Morgan fingerprint density at radius 2 is 1.92 bits per heavy atom. The van der Waals surface area contributed by atoms with Crippen molar-refractivity contribution < 1.29 is 14.4 Å². The minimum absolute atomic E-state index is 0.289. The lowest BCUT2D eigenvalue weighted by Gasteiger charge is -2.22. The fourth-order valence-corrected chi connectivity index (χ4v) is 1.41. The molecular formula is C6H7N3O3. The van der Waals surface area contributed by atoms with Gasteiger partial charge in [0.05, 0.1) is 5.92 Å². The number of rotatable bonds is 0. The maximum Gasteiger partial charge on any atom is 0.322 e. The van der Waals surface area contributed by atoms with Crippen LogP contribution in [0.1, 0.15) is 0 Å². The van der Waals surface area contributed by atoms with E-state index < -0.39 is 18.0 Å². The normalized spacial score (nSPS) is 33.5. The Balaban J connectivity index is 2.24. The van der Waals surface area contributed by atoms with E-state index in [9.17, 15) is 14.4 Å². The van der Waals surface area contributed by atoms with Crippen molar-refractivity contribution in [2.45, 2.75) is 6.04 Å². The number of amides is 4. The fraction of sp³-hybridized carbons (Fsp3) is 0.500. The van der Waals surface area contributed by atoms with Gasteiger partial charge in [0.1, 0.15) is 6.04 Å². The zero-order valence-electron chi connectivity index (χ0n) is 6.09. The zero-order valence-corrected chi connectivity index (χ0v) is 6.09. The van der Waals surface area contributed by atoms with E-state index in [1.165, 1.54) is 0 Å². The molecule has 2 saturated heterocycles. The van der Waals surface area contributed by atoms with E-state index in [1.807, 2.05) is 0 Å². The highest BCUT2D eigenvalue weighted by Gasteiger charge is 2.44. The summed E-state index contributed by atoms with van der Waals surface area (Å²) >= 11 is 0. The van der Waals surface area contributed by atoms with Crippen LogP contribution >= 0.6 is 0 Å². The first-order valence-corrected chi connectivity index (χ1v) is 3.57. The summed E-state index contributed by atoms with van der Waals surface area (Å²) < 4.78 is 0. The van der Waals surface area contributed by atoms with E-state index in [-0.39, 0.29) is 11.8 Å². The second kappa shape index (κ2) is 2.20. The highest BCUT2D eigenvalue weighted by Crippen LogP contribution is 2.13. The number of carbonyl (C=O) groups is 3. The van der Waals surface area contributed by atoms with Crippen molar-refractivity contribution in [2.24, 2.45) is 5.92 Å². The van der Waals surface area contributed by atoms with Crippen LogP contribution in [0.3, 0.4) is 0 Å². The van der Waals surface area contributed by atoms with Crippen LogP contribution in [0.15, 0.2) is 0 Å². The van der Waals surface area contributed by atoms with Gasteiger partial charge < -0.3 is 10.6 Å². The molecule has 0 radical (unpaired) electrons. The fourth-order valence-electron chi connectivity index (χ4n) is 1.41. The third-order valence-electron chi connectivity index (χ3n) is 2.04. The van der Waals surface area contributed by atoms with Crippen LogP contribution < -0.4 is 16.0 Å². The van der Waals surface area contributed by atoms with Crippen molar-refractivity contribution in [2.75, 3.05) is 6.54 Å². The summed E-state index contributed by atoms with van der Waals surface area (Å²) in [6.45, 7) is 0.301. The summed E-state index contributed by atoms with van der Waals surface area (Å²) in [5, 5.41) is 6.96. The number of nitrogens with one attached hydrogen (secondary N) is 3. The van der Waals surface area contributed by atoms with Crippen LogP contribution in [0.2, 0.25) is 0 Å². The third kappa shape index (κ3) is 0.843. The first-order chi connectivity index (χ1) is 5.68. The summed E-state index contributed by atoms with van der Waals surface area (Å²) in [7, 11) is 0. The van der Waals surface area contributed by atoms with Gasteiger partial charge in [-0.25, -0.2) is 4.79 Å². The van der Waals surface area contributed by atoms with Gasteiger partial charge in [-0.1, -0.05) is 0 Å². The molecule has 6 nitrogen and oxygen atoms in total. The van der Waals surface area contributed by atoms with Crippen molar-refractivity contribution in [1.82, 2.24) is 16.0 Å². The molecule has 0 aromatic carbocycles. The predicted molar refractivity (Wildman–Crippen MR) is 37.0 cm³/mol. The highest BCUT2D eigenvalue weighted by atomic mass is 16.2. The van der Waals surface area contributed by atoms with Crippen molar-refractivity contribution in [3.05, 3.63) is 0 Å². The molecule has 64 valence electrons. The molecule has 0 spiro atoms. The third-order valence-corrected chi connectivity index (χ3v) is 2.04. The molecule has 2 atom stereocenters. The number of urea groups is 1. The van der Waals surface area contributed by atoms with Crippen molar-refractivity contribution in [3.8, 4) is 0 Å². The molecule has 0 aliphatic carbocycles. The Hall–Kier alpha value is -1.59. The second-order valence-corrected chi connectivity index (χ2v) is 2.79. The van der Waals surface area contributed by atoms with E-state index >= 15 is 0 Å². The average molecular weight is 169 g/mol. The van der Waals surface area contributed by atoms with Crippen molar-refractivity contribution in [1.29, 1.82) is 0 Å². The standard InChI is InChI=1S/C6H7N3O3/c10-4-2-1-7-5(11)3(2)8-6(12)9-4/h2-3H,1H2,(H,7,11)(H2,8,9,10,12). The van der Waals surface area contributed by atoms with Gasteiger partial charge in [0.2, 0.25) is 11.8 Å². The van der Waals surface area contributed by atoms with Gasteiger partial charge in [-0.05, 0) is 0 Å². The lowest BCUT2D eigenvalue weighted by molar-refractivity contribution is -0.128. The van der Waals surface area contributed by atoms with E-state index in [4.69, 9.17) is 0 Å². The molecule has 2 aliphatic rings. The quantitative estimate of drug-likeness (QED) is 0.389. The predicted octanol–water partition coefficient (Wildman–Crippen LogP) is -2.06. The molecule has 0 bridgehead atoms. The number of hydrogen-bond donors (Lipinski definition) is 3. The van der Waals surface area contributed by atoms with Gasteiger partial charge in [-0.15, -0.1) is 0 Å². The van der Waals surface area contributed by atoms with Crippen LogP contribution in [0.4, 0.5) is 4.79 Å². The largest absolute Gasteiger partial charge is 0.353 e. The lowest BCUT2D eigenvalue weighted by atomic mass is 10.0. The molecule has 2 fully saturated rings. The molecule has 6 heteroatoms. The summed E-state index contributed by atoms with van der Waals surface area (Å²) in [5.74, 6) is -1.12. The molecule has 0 saturated carbocycles. The minimum atomic E-state index is -0.675. The van der Waals surface area contributed by atoms with Crippen molar-refractivity contribution >= 4 is 17.8 Å². The topological polar surface area (TPSA) is 87.3 Å². The van der Waals surface area contributed by atoms with Gasteiger partial charge in [-0.2, -0.15) is 0 Å². The molecular weight excluding hydrogens is 162 g/mol. The average Bonchev–Trinajstić information content (AvgIpc) is 2.33.